The Morgan fingerprint density at radius 1 is 1.33 bits per heavy atom. The molecule has 1 N–H and O–H groups in total. The molecule has 0 radical (unpaired) electrons. The zero-order valence-electron chi connectivity index (χ0n) is 15.5. The molecule has 0 spiro atoms. The van der Waals surface area contributed by atoms with Crippen molar-refractivity contribution in [2.45, 2.75) is 59.5 Å². The van der Waals surface area contributed by atoms with Gasteiger partial charge in [0.25, 0.3) is 0 Å². The van der Waals surface area contributed by atoms with E-state index in [-0.39, 0.29) is 23.5 Å². The molecule has 1 aromatic carbocycles. The highest BCUT2D eigenvalue weighted by Crippen LogP contribution is 2.35. The molecule has 5 heteroatoms. The number of carbonyl (C=O) groups is 2. The maximum absolute atomic E-state index is 12.2. The van der Waals surface area contributed by atoms with Crippen LogP contribution in [0.2, 0.25) is 0 Å². The van der Waals surface area contributed by atoms with E-state index in [9.17, 15) is 9.59 Å². The van der Waals surface area contributed by atoms with Crippen molar-refractivity contribution in [3.05, 3.63) is 28.8 Å². The number of nitrogens with one attached hydrogen (secondary N) is 1. The molecule has 5 nitrogen and oxygen atoms in total. The molecule has 0 saturated carbocycles. The molecule has 1 aliphatic heterocycles. The molecule has 24 heavy (non-hydrogen) atoms. The van der Waals surface area contributed by atoms with Gasteiger partial charge in [-0.05, 0) is 54.5 Å². The molecule has 1 heterocycles. The number of ether oxygens (including phenoxy) is 1. The number of hydrogen-bond donors (Lipinski definition) is 1. The van der Waals surface area contributed by atoms with Gasteiger partial charge in [-0.15, -0.1) is 0 Å². The minimum Gasteiger partial charge on any atom is -0.442 e. The number of amides is 2. The van der Waals surface area contributed by atoms with Crippen LogP contribution in [0.15, 0.2) is 12.1 Å². The van der Waals surface area contributed by atoms with Crippen LogP contribution < -0.4 is 10.2 Å². The van der Waals surface area contributed by atoms with Crippen LogP contribution >= 0.6 is 0 Å². The van der Waals surface area contributed by atoms with E-state index in [0.717, 1.165) is 12.1 Å². The van der Waals surface area contributed by atoms with Crippen LogP contribution in [-0.4, -0.2) is 31.2 Å². The van der Waals surface area contributed by atoms with E-state index < -0.39 is 0 Å². The Morgan fingerprint density at radius 3 is 2.42 bits per heavy atom. The summed E-state index contributed by atoms with van der Waals surface area (Å²) >= 11 is 0. The van der Waals surface area contributed by atoms with Gasteiger partial charge < -0.3 is 10.1 Å². The highest BCUT2D eigenvalue weighted by molar-refractivity contribution is 5.90. The standard InChI is InChI=1S/C19H28N2O3/c1-7-19(5,6)17-12(2)8-15(9-13(17)3)21-11-16(24-18(21)23)10-20-14(4)22/h8-9,16H,7,10-11H2,1-6H3,(H,20,22)/t16-/m0/s1. The Balaban J connectivity index is 2.24. The van der Waals surface area contributed by atoms with Gasteiger partial charge in [0, 0.05) is 12.6 Å². The first-order chi connectivity index (χ1) is 11.2. The van der Waals surface area contributed by atoms with E-state index in [0.29, 0.717) is 13.1 Å². The quantitative estimate of drug-likeness (QED) is 0.898. The number of anilines is 1. The fraction of sp³-hybridized carbons (Fsp3) is 0.579. The second-order valence-corrected chi connectivity index (χ2v) is 7.25. The first-order valence-corrected chi connectivity index (χ1v) is 8.50. The number of carbonyl (C=O) groups excluding carboxylic acids is 2. The van der Waals surface area contributed by atoms with Crippen molar-refractivity contribution in [1.82, 2.24) is 5.32 Å². The highest BCUT2D eigenvalue weighted by Gasteiger charge is 2.33. The number of benzene rings is 1. The van der Waals surface area contributed by atoms with Crippen LogP contribution in [0, 0.1) is 13.8 Å². The van der Waals surface area contributed by atoms with Crippen LogP contribution in [-0.2, 0) is 14.9 Å². The predicted octanol–water partition coefficient (Wildman–Crippen LogP) is 3.45. The number of aryl methyl sites for hydroxylation is 2. The molecule has 0 aromatic heterocycles. The van der Waals surface area contributed by atoms with Gasteiger partial charge in [0.15, 0.2) is 0 Å². The lowest BCUT2D eigenvalue weighted by atomic mass is 9.77. The third-order valence-corrected chi connectivity index (χ3v) is 4.84. The van der Waals surface area contributed by atoms with Gasteiger partial charge in [0.1, 0.15) is 6.10 Å². The molecule has 1 aliphatic rings. The van der Waals surface area contributed by atoms with Gasteiger partial charge in [0.2, 0.25) is 5.91 Å². The Labute approximate surface area is 144 Å². The SMILES string of the molecule is CCC(C)(C)c1c(C)cc(N2C[C@H](CNC(C)=O)OC2=O)cc1C. The zero-order chi connectivity index (χ0) is 18.1. The lowest BCUT2D eigenvalue weighted by Crippen LogP contribution is -2.33. The molecule has 2 amide bonds. The average molecular weight is 332 g/mol. The van der Waals surface area contributed by atoms with Crippen molar-refractivity contribution >= 4 is 17.7 Å². The molecule has 0 unspecified atom stereocenters. The zero-order valence-corrected chi connectivity index (χ0v) is 15.5. The Morgan fingerprint density at radius 2 is 1.92 bits per heavy atom. The van der Waals surface area contributed by atoms with Crippen molar-refractivity contribution in [2.75, 3.05) is 18.0 Å². The minimum absolute atomic E-state index is 0.103. The first kappa shape index (κ1) is 18.3. The predicted molar refractivity (Wildman–Crippen MR) is 95.5 cm³/mol. The van der Waals surface area contributed by atoms with Gasteiger partial charge in [0.05, 0.1) is 13.1 Å². The normalized spacial score (nSPS) is 17.8. The molecule has 0 bridgehead atoms. The minimum atomic E-state index is -0.355. The smallest absolute Gasteiger partial charge is 0.414 e. The van der Waals surface area contributed by atoms with Crippen LogP contribution in [0.1, 0.15) is 50.8 Å². The Kier molecular flexibility index (Phi) is 5.21. The first-order valence-electron chi connectivity index (χ1n) is 8.50. The second-order valence-electron chi connectivity index (χ2n) is 7.25. The summed E-state index contributed by atoms with van der Waals surface area (Å²) in [6.07, 6.45) is 0.388. The fourth-order valence-corrected chi connectivity index (χ4v) is 3.44. The second kappa shape index (κ2) is 6.83. The van der Waals surface area contributed by atoms with Gasteiger partial charge in [-0.1, -0.05) is 20.8 Å². The van der Waals surface area contributed by atoms with Gasteiger partial charge in [-0.2, -0.15) is 0 Å². The summed E-state index contributed by atoms with van der Waals surface area (Å²) in [5, 5.41) is 2.70. The van der Waals surface area contributed by atoms with Crippen molar-refractivity contribution in [1.29, 1.82) is 0 Å². The van der Waals surface area contributed by atoms with Gasteiger partial charge >= 0.3 is 6.09 Å². The highest BCUT2D eigenvalue weighted by atomic mass is 16.6. The molecule has 1 aromatic rings. The molecule has 2 rings (SSSR count). The van der Waals surface area contributed by atoms with Crippen molar-refractivity contribution in [2.24, 2.45) is 0 Å². The number of rotatable bonds is 5. The van der Waals surface area contributed by atoms with E-state index in [1.165, 1.54) is 23.6 Å². The molecular weight excluding hydrogens is 304 g/mol. The van der Waals surface area contributed by atoms with E-state index in [1.807, 2.05) is 0 Å². The lowest BCUT2D eigenvalue weighted by Gasteiger charge is -2.29. The fourth-order valence-electron chi connectivity index (χ4n) is 3.44. The summed E-state index contributed by atoms with van der Waals surface area (Å²) < 4.78 is 5.35. The topological polar surface area (TPSA) is 58.6 Å². The lowest BCUT2D eigenvalue weighted by molar-refractivity contribution is -0.119. The van der Waals surface area contributed by atoms with Crippen LogP contribution in [0.25, 0.3) is 0 Å². The Hall–Kier alpha value is -2.04. The molecule has 1 atom stereocenters. The van der Waals surface area contributed by atoms with Crippen molar-refractivity contribution < 1.29 is 14.3 Å². The molecule has 132 valence electrons. The summed E-state index contributed by atoms with van der Waals surface area (Å²) in [4.78, 5) is 24.8. The largest absolute Gasteiger partial charge is 0.442 e. The molecule has 0 aliphatic carbocycles. The molecule has 1 fully saturated rings. The summed E-state index contributed by atoms with van der Waals surface area (Å²) in [5.74, 6) is -0.123. The molecule has 1 saturated heterocycles. The van der Waals surface area contributed by atoms with Crippen LogP contribution in [0.5, 0.6) is 0 Å². The van der Waals surface area contributed by atoms with Gasteiger partial charge in [-0.3, -0.25) is 9.69 Å². The number of hydrogen-bond acceptors (Lipinski definition) is 3. The summed E-state index contributed by atoms with van der Waals surface area (Å²) in [6.45, 7) is 13.1. The number of cyclic esters (lactones) is 1. The third-order valence-electron chi connectivity index (χ3n) is 4.84. The summed E-state index contributed by atoms with van der Waals surface area (Å²) in [6, 6.07) is 4.11. The van der Waals surface area contributed by atoms with Crippen molar-refractivity contribution in [3.63, 3.8) is 0 Å². The van der Waals surface area contributed by atoms with E-state index in [1.54, 1.807) is 4.90 Å². The van der Waals surface area contributed by atoms with Crippen LogP contribution in [0.4, 0.5) is 10.5 Å². The maximum atomic E-state index is 12.2. The van der Waals surface area contributed by atoms with Crippen molar-refractivity contribution in [3.8, 4) is 0 Å². The monoisotopic (exact) mass is 332 g/mol. The van der Waals surface area contributed by atoms with E-state index in [2.05, 4.69) is 52.1 Å². The average Bonchev–Trinajstić information content (AvgIpc) is 2.85. The summed E-state index contributed by atoms with van der Waals surface area (Å²) in [7, 11) is 0. The number of nitrogens with zero attached hydrogens (tertiary/aromatic N) is 1. The Bertz CT molecular complexity index is 629. The van der Waals surface area contributed by atoms with E-state index in [4.69, 9.17) is 4.74 Å². The third kappa shape index (κ3) is 3.71. The van der Waals surface area contributed by atoms with E-state index >= 15 is 0 Å². The van der Waals surface area contributed by atoms with Gasteiger partial charge in [-0.25, -0.2) is 4.79 Å². The maximum Gasteiger partial charge on any atom is 0.414 e. The summed E-state index contributed by atoms with van der Waals surface area (Å²) in [5.41, 5.74) is 4.68. The molecular formula is C19H28N2O3. The van der Waals surface area contributed by atoms with Crippen LogP contribution in [0.3, 0.4) is 0 Å².